The molecule has 0 saturated heterocycles. The fourth-order valence-corrected chi connectivity index (χ4v) is 0. The molecule has 1 N–H and O–H groups in total. The monoisotopic (exact) mass is 135 g/mol. The van der Waals surface area contributed by atoms with E-state index in [4.69, 9.17) is 15.0 Å². The van der Waals surface area contributed by atoms with E-state index in [9.17, 15) is 0 Å². The van der Waals surface area contributed by atoms with Gasteiger partial charge < -0.3 is 20.5 Å². The summed E-state index contributed by atoms with van der Waals surface area (Å²) < 4.78 is 0. The summed E-state index contributed by atoms with van der Waals surface area (Å²) in [5, 5.41) is 16.7. The summed E-state index contributed by atoms with van der Waals surface area (Å²) in [7, 11) is 0. The Labute approximate surface area is 44.0 Å². The number of hydrogen-bond donors (Lipinski definition) is 0. The van der Waals surface area contributed by atoms with Crippen molar-refractivity contribution < 1.29 is 37.0 Å². The van der Waals surface area contributed by atoms with E-state index in [2.05, 4.69) is 0 Å². The van der Waals surface area contributed by atoms with E-state index in [1.54, 1.807) is 0 Å². The Kier molecular flexibility index (Phi) is 25.3. The third kappa shape index (κ3) is 361. The molecular formula is CHNiO4-. The van der Waals surface area contributed by atoms with Crippen LogP contribution >= 0.6 is 0 Å². The summed E-state index contributed by atoms with van der Waals surface area (Å²) in [5.74, 6) is 0. The molecule has 0 spiro atoms. The molecule has 0 aliphatic heterocycles. The van der Waals surface area contributed by atoms with E-state index in [1.807, 2.05) is 0 Å². The smallest absolute Gasteiger partial charge is 0.870 e. The van der Waals surface area contributed by atoms with Crippen LogP contribution < -0.4 is 10.2 Å². The normalized spacial score (nSPS) is 4.00. The van der Waals surface area contributed by atoms with Gasteiger partial charge in [0, 0.05) is 0 Å². The zero-order valence-electron chi connectivity index (χ0n) is 2.49. The third-order valence-corrected chi connectivity index (χ3v) is 0. The van der Waals surface area contributed by atoms with Crippen molar-refractivity contribution in [3.05, 3.63) is 0 Å². The van der Waals surface area contributed by atoms with Gasteiger partial charge in [0.2, 0.25) is 0 Å². The molecule has 0 heterocycles. The number of carbonyl (C=O) groups excluding carboxylic acids is 1. The van der Waals surface area contributed by atoms with E-state index in [0.717, 1.165) is 0 Å². The first-order valence-corrected chi connectivity index (χ1v) is 0.612. The van der Waals surface area contributed by atoms with Crippen LogP contribution in [-0.4, -0.2) is 11.6 Å². The molecule has 0 saturated carbocycles. The molecule has 0 aliphatic carbocycles. The van der Waals surface area contributed by atoms with Crippen molar-refractivity contribution in [3.63, 3.8) is 0 Å². The summed E-state index contributed by atoms with van der Waals surface area (Å²) in [6.07, 6.45) is -2.33. The van der Waals surface area contributed by atoms with E-state index in [-0.39, 0.29) is 22.0 Å². The number of carboxylic acid groups (broad SMARTS) is 2. The molecule has 0 aromatic carbocycles. The number of hydrogen-bond acceptors (Lipinski definition) is 4. The Bertz CT molecular complexity index is 30.5. The van der Waals surface area contributed by atoms with Crippen molar-refractivity contribution in [1.82, 2.24) is 0 Å². The second-order valence-electron chi connectivity index (χ2n) is 0.250. The van der Waals surface area contributed by atoms with Gasteiger partial charge >= 0.3 is 16.5 Å². The standard InChI is InChI=1S/CH2O3.Ni.H2O/c2-1(3)4;;/h(H2,2,3,4);;1H2/q;+2;/p-3. The van der Waals surface area contributed by atoms with Gasteiger partial charge in [0.15, 0.2) is 0 Å². The van der Waals surface area contributed by atoms with Gasteiger partial charge in [-0.3, -0.25) is 0 Å². The predicted octanol–water partition coefficient (Wildman–Crippen LogP) is -2.63. The average Bonchev–Trinajstić information content (AvgIpc) is 0.811. The molecule has 0 radical (unpaired) electrons. The summed E-state index contributed by atoms with van der Waals surface area (Å²) in [6.45, 7) is 0. The Balaban J connectivity index is -0.0000000450. The molecule has 0 amide bonds. The van der Waals surface area contributed by atoms with Crippen molar-refractivity contribution in [1.29, 1.82) is 0 Å². The topological polar surface area (TPSA) is 93.2 Å². The molecule has 0 rings (SSSR count). The van der Waals surface area contributed by atoms with Crippen molar-refractivity contribution in [3.8, 4) is 0 Å². The summed E-state index contributed by atoms with van der Waals surface area (Å²) in [6, 6.07) is 0. The van der Waals surface area contributed by atoms with Crippen LogP contribution in [0.15, 0.2) is 0 Å². The van der Waals surface area contributed by atoms with Gasteiger partial charge in [0.05, 0.1) is 0 Å². The van der Waals surface area contributed by atoms with Gasteiger partial charge in [-0.25, -0.2) is 0 Å². The fraction of sp³-hybridized carbons (Fsp3) is 0. The molecule has 4 nitrogen and oxygen atoms in total. The Morgan fingerprint density at radius 1 is 1.33 bits per heavy atom. The van der Waals surface area contributed by atoms with Crippen LogP contribution in [0.4, 0.5) is 4.79 Å². The maximum atomic E-state index is 8.33. The van der Waals surface area contributed by atoms with Crippen molar-refractivity contribution in [2.45, 2.75) is 0 Å². The van der Waals surface area contributed by atoms with Crippen LogP contribution in [0.3, 0.4) is 0 Å². The van der Waals surface area contributed by atoms with E-state index >= 15 is 0 Å². The van der Waals surface area contributed by atoms with Crippen LogP contribution in [0.5, 0.6) is 0 Å². The van der Waals surface area contributed by atoms with Crippen LogP contribution in [0.2, 0.25) is 0 Å². The van der Waals surface area contributed by atoms with Crippen LogP contribution in [-0.2, 0) is 16.5 Å². The average molecular weight is 136 g/mol. The van der Waals surface area contributed by atoms with Crippen LogP contribution in [0.25, 0.3) is 0 Å². The van der Waals surface area contributed by atoms with Crippen molar-refractivity contribution in [2.24, 2.45) is 0 Å². The fourth-order valence-electron chi connectivity index (χ4n) is 0. The van der Waals surface area contributed by atoms with Crippen molar-refractivity contribution in [2.75, 3.05) is 0 Å². The van der Waals surface area contributed by atoms with Gasteiger partial charge in [-0.15, -0.1) is 0 Å². The largest absolute Gasteiger partial charge is 2.00 e. The molecule has 0 aromatic heterocycles. The molecule has 0 aliphatic rings. The second kappa shape index (κ2) is 8.83. The van der Waals surface area contributed by atoms with Gasteiger partial charge in [-0.2, -0.15) is 0 Å². The third-order valence-electron chi connectivity index (χ3n) is 0. The molecule has 0 aromatic rings. The molecule has 0 bridgehead atoms. The maximum Gasteiger partial charge on any atom is 2.00 e. The van der Waals surface area contributed by atoms with E-state index < -0.39 is 6.16 Å². The first-order chi connectivity index (χ1) is 1.73. The molecular weight excluding hydrogens is 135 g/mol. The van der Waals surface area contributed by atoms with Gasteiger partial charge in [-0.05, 0) is 6.16 Å². The summed E-state index contributed by atoms with van der Waals surface area (Å²) in [4.78, 5) is 8.33. The minimum absolute atomic E-state index is 0. The molecule has 0 atom stereocenters. The van der Waals surface area contributed by atoms with Crippen molar-refractivity contribution >= 4 is 6.16 Å². The zero-order valence-corrected chi connectivity index (χ0v) is 3.48. The van der Waals surface area contributed by atoms with Gasteiger partial charge in [0.25, 0.3) is 0 Å². The predicted molar refractivity (Wildman–Crippen MR) is 7.33 cm³/mol. The Morgan fingerprint density at radius 3 is 1.33 bits per heavy atom. The molecule has 6 heavy (non-hydrogen) atoms. The number of rotatable bonds is 0. The maximum absolute atomic E-state index is 8.33. The van der Waals surface area contributed by atoms with E-state index in [0.29, 0.717) is 0 Å². The zero-order chi connectivity index (χ0) is 3.58. The Morgan fingerprint density at radius 2 is 1.33 bits per heavy atom. The first kappa shape index (κ1) is 17.2. The van der Waals surface area contributed by atoms with E-state index in [1.165, 1.54) is 0 Å². The van der Waals surface area contributed by atoms with Gasteiger partial charge in [-0.1, -0.05) is 0 Å². The molecule has 40 valence electrons. The minimum Gasteiger partial charge on any atom is -0.870 e. The van der Waals surface area contributed by atoms with Crippen LogP contribution in [0.1, 0.15) is 0 Å². The Hall–Kier alpha value is -0.276. The molecule has 0 fully saturated rings. The van der Waals surface area contributed by atoms with Gasteiger partial charge in [0.1, 0.15) is 0 Å². The second-order valence-corrected chi connectivity index (χ2v) is 0.250. The molecule has 5 heteroatoms. The summed E-state index contributed by atoms with van der Waals surface area (Å²) >= 11 is 0. The summed E-state index contributed by atoms with van der Waals surface area (Å²) in [5.41, 5.74) is 0. The SMILES string of the molecule is O=C([O-])[O-].[Ni+2].[OH-]. The number of carbonyl (C=O) groups is 1. The minimum atomic E-state index is -2.33. The molecule has 0 unspecified atom stereocenters. The van der Waals surface area contributed by atoms with Crippen LogP contribution in [0, 0.1) is 0 Å². The quantitative estimate of drug-likeness (QED) is 0.340. The first-order valence-electron chi connectivity index (χ1n) is 0.612.